The van der Waals surface area contributed by atoms with Gasteiger partial charge in [-0.1, -0.05) is 36.4 Å². The van der Waals surface area contributed by atoms with Gasteiger partial charge in [0.25, 0.3) is 5.69 Å². The molecule has 6 heteroatoms. The van der Waals surface area contributed by atoms with Gasteiger partial charge in [-0.3, -0.25) is 14.9 Å². The summed E-state index contributed by atoms with van der Waals surface area (Å²) in [5.74, 6) is -0.990. The van der Waals surface area contributed by atoms with Crippen molar-refractivity contribution in [3.8, 4) is 11.1 Å². The monoisotopic (exact) mass is 319 g/mol. The predicted octanol–water partition coefficient (Wildman–Crippen LogP) is 3.89. The van der Waals surface area contributed by atoms with Crippen LogP contribution in [0.1, 0.15) is 12.0 Å². The van der Waals surface area contributed by atoms with Crippen LogP contribution < -0.4 is 0 Å². The third kappa shape index (κ3) is 4.05. The van der Waals surface area contributed by atoms with E-state index >= 15 is 0 Å². The maximum absolute atomic E-state index is 11.3. The lowest BCUT2D eigenvalue weighted by molar-refractivity contribution is -0.384. The molecular weight excluding hydrogens is 306 g/mol. The molecule has 0 heterocycles. The van der Waals surface area contributed by atoms with Gasteiger partial charge in [0.1, 0.15) is 0 Å². The molecule has 0 bridgehead atoms. The molecule has 2 aromatic carbocycles. The van der Waals surface area contributed by atoms with Crippen molar-refractivity contribution in [2.45, 2.75) is 18.2 Å². The lowest BCUT2D eigenvalue weighted by Crippen LogP contribution is -2.10. The smallest absolute Gasteiger partial charge is 0.304 e. The van der Waals surface area contributed by atoms with Crippen molar-refractivity contribution in [1.82, 2.24) is 0 Å². The minimum atomic E-state index is -0.990. The summed E-state index contributed by atoms with van der Waals surface area (Å²) in [6.07, 6.45) is 0.0829. The number of nitrogens with zero attached hydrogens (tertiary/aromatic N) is 1. The minimum absolute atomic E-state index is 0.0112. The Balaban J connectivity index is 2.32. The number of hydrogen-bond donors (Lipinski definition) is 1. The molecule has 0 aromatic heterocycles. The summed E-state index contributed by atoms with van der Waals surface area (Å²) < 4.78 is 0. The van der Waals surface area contributed by atoms with E-state index in [1.54, 1.807) is 24.3 Å². The number of rotatable bonds is 6. The first-order valence-corrected chi connectivity index (χ1v) is 7.09. The second kappa shape index (κ2) is 7.04. The molecule has 1 atom stereocenters. The summed E-state index contributed by atoms with van der Waals surface area (Å²) in [6, 6.07) is 13.9. The van der Waals surface area contributed by atoms with Gasteiger partial charge in [0, 0.05) is 11.4 Å². The predicted molar refractivity (Wildman–Crippen MR) is 84.1 cm³/mol. The summed E-state index contributed by atoms with van der Waals surface area (Å²) in [5, 5.41) is 19.4. The molecule has 0 saturated carbocycles. The molecule has 0 amide bonds. The van der Waals surface area contributed by atoms with Crippen molar-refractivity contribution in [2.75, 3.05) is 0 Å². The fourth-order valence-corrected chi connectivity index (χ4v) is 2.54. The molecule has 0 aliphatic carbocycles. The Morgan fingerprint density at radius 1 is 1.23 bits per heavy atom. The van der Waals surface area contributed by atoms with Crippen molar-refractivity contribution in [3.05, 3.63) is 64.2 Å². The molecule has 0 aliphatic rings. The molecule has 0 fully saturated rings. The maximum atomic E-state index is 11.3. The number of carboxylic acid groups (broad SMARTS) is 1. The van der Waals surface area contributed by atoms with Gasteiger partial charge < -0.3 is 5.11 Å². The number of alkyl halides is 1. The molecule has 2 aromatic rings. The van der Waals surface area contributed by atoms with E-state index < -0.39 is 16.3 Å². The first-order valence-electron chi connectivity index (χ1n) is 6.66. The summed E-state index contributed by atoms with van der Waals surface area (Å²) in [7, 11) is 0. The van der Waals surface area contributed by atoms with Crippen molar-refractivity contribution in [1.29, 1.82) is 0 Å². The van der Waals surface area contributed by atoms with Crippen LogP contribution in [0, 0.1) is 10.1 Å². The van der Waals surface area contributed by atoms with Crippen LogP contribution in [-0.2, 0) is 11.2 Å². The second-order valence-corrected chi connectivity index (χ2v) is 5.49. The fraction of sp³-hybridized carbons (Fsp3) is 0.188. The van der Waals surface area contributed by atoms with Gasteiger partial charge in [-0.2, -0.15) is 0 Å². The van der Waals surface area contributed by atoms with Gasteiger partial charge in [-0.15, -0.1) is 11.6 Å². The quantitative estimate of drug-likeness (QED) is 0.497. The topological polar surface area (TPSA) is 80.4 Å². The van der Waals surface area contributed by atoms with Crippen molar-refractivity contribution < 1.29 is 14.8 Å². The van der Waals surface area contributed by atoms with Gasteiger partial charge in [0.2, 0.25) is 0 Å². The lowest BCUT2D eigenvalue weighted by Gasteiger charge is -2.09. The van der Waals surface area contributed by atoms with Crippen LogP contribution in [0.5, 0.6) is 0 Å². The van der Waals surface area contributed by atoms with Crippen molar-refractivity contribution in [3.63, 3.8) is 0 Å². The zero-order valence-electron chi connectivity index (χ0n) is 11.6. The SMILES string of the molecule is O=C(O)CC(Cl)Cc1ccc(-c2ccccc2)c([N+](=O)[O-])c1. The minimum Gasteiger partial charge on any atom is -0.481 e. The number of carboxylic acids is 1. The molecule has 0 saturated heterocycles. The number of aliphatic carboxylic acids is 1. The number of carbonyl (C=O) groups is 1. The van der Waals surface area contributed by atoms with E-state index in [1.165, 1.54) is 6.07 Å². The largest absolute Gasteiger partial charge is 0.481 e. The molecule has 1 unspecified atom stereocenters. The summed E-state index contributed by atoms with van der Waals surface area (Å²) in [5.41, 5.74) is 1.92. The molecule has 5 nitrogen and oxygen atoms in total. The summed E-state index contributed by atoms with van der Waals surface area (Å²) in [4.78, 5) is 21.5. The van der Waals surface area contributed by atoms with Gasteiger partial charge >= 0.3 is 5.97 Å². The van der Waals surface area contributed by atoms with Crippen molar-refractivity contribution >= 4 is 23.3 Å². The Hall–Kier alpha value is -2.40. The van der Waals surface area contributed by atoms with E-state index in [2.05, 4.69) is 0 Å². The zero-order valence-corrected chi connectivity index (χ0v) is 12.4. The molecule has 2 rings (SSSR count). The van der Waals surface area contributed by atoms with E-state index in [0.717, 1.165) is 5.56 Å². The van der Waals surface area contributed by atoms with E-state index in [0.29, 0.717) is 11.1 Å². The van der Waals surface area contributed by atoms with Crippen LogP contribution in [0.2, 0.25) is 0 Å². The van der Waals surface area contributed by atoms with Crippen molar-refractivity contribution in [2.24, 2.45) is 0 Å². The van der Waals surface area contributed by atoms with Gasteiger partial charge in [-0.25, -0.2) is 0 Å². The van der Waals surface area contributed by atoms with E-state index in [9.17, 15) is 14.9 Å². The Bertz CT molecular complexity index is 688. The van der Waals surface area contributed by atoms with Gasteiger partial charge in [-0.05, 0) is 23.6 Å². The molecule has 114 valence electrons. The van der Waals surface area contributed by atoms with E-state index in [4.69, 9.17) is 16.7 Å². The van der Waals surface area contributed by atoms with E-state index in [-0.39, 0.29) is 18.5 Å². The average molecular weight is 320 g/mol. The highest BCUT2D eigenvalue weighted by Gasteiger charge is 2.18. The van der Waals surface area contributed by atoms with Crippen LogP contribution in [0.25, 0.3) is 11.1 Å². The molecular formula is C16H14ClNO4. The standard InChI is InChI=1S/C16H14ClNO4/c17-13(10-16(19)20)8-11-6-7-14(15(9-11)18(21)22)12-4-2-1-3-5-12/h1-7,9,13H,8,10H2,(H,19,20). The molecule has 1 N–H and O–H groups in total. The fourth-order valence-electron chi connectivity index (χ4n) is 2.23. The highest BCUT2D eigenvalue weighted by Crippen LogP contribution is 2.31. The Morgan fingerprint density at radius 2 is 1.91 bits per heavy atom. The Morgan fingerprint density at radius 3 is 2.50 bits per heavy atom. The average Bonchev–Trinajstić information content (AvgIpc) is 2.47. The van der Waals surface area contributed by atoms with Crippen LogP contribution in [0.4, 0.5) is 5.69 Å². The summed E-state index contributed by atoms with van der Waals surface area (Å²) >= 11 is 5.95. The summed E-state index contributed by atoms with van der Waals surface area (Å²) in [6.45, 7) is 0. The van der Waals surface area contributed by atoms with Gasteiger partial charge in [0.05, 0.1) is 16.9 Å². The number of nitro groups is 1. The molecule has 22 heavy (non-hydrogen) atoms. The van der Waals surface area contributed by atoms with Crippen LogP contribution in [0.3, 0.4) is 0 Å². The second-order valence-electron chi connectivity index (χ2n) is 4.87. The van der Waals surface area contributed by atoms with Gasteiger partial charge in [0.15, 0.2) is 0 Å². The first kappa shape index (κ1) is 16.0. The Kier molecular flexibility index (Phi) is 5.12. The highest BCUT2D eigenvalue weighted by atomic mass is 35.5. The highest BCUT2D eigenvalue weighted by molar-refractivity contribution is 6.21. The zero-order chi connectivity index (χ0) is 16.1. The number of halogens is 1. The number of hydrogen-bond acceptors (Lipinski definition) is 3. The normalized spacial score (nSPS) is 11.9. The number of nitro benzene ring substituents is 1. The first-order chi connectivity index (χ1) is 10.5. The van der Waals surface area contributed by atoms with E-state index in [1.807, 2.05) is 18.2 Å². The number of benzene rings is 2. The molecule has 0 aliphatic heterocycles. The third-order valence-corrected chi connectivity index (χ3v) is 3.51. The molecule has 0 radical (unpaired) electrons. The lowest BCUT2D eigenvalue weighted by atomic mass is 9.99. The van der Waals surface area contributed by atoms with Crippen LogP contribution >= 0.6 is 11.6 Å². The Labute approximate surface area is 132 Å². The maximum Gasteiger partial charge on any atom is 0.304 e. The molecule has 0 spiro atoms. The van der Waals surface area contributed by atoms with Crippen LogP contribution in [0.15, 0.2) is 48.5 Å². The third-order valence-electron chi connectivity index (χ3n) is 3.20. The van der Waals surface area contributed by atoms with Crippen LogP contribution in [-0.4, -0.2) is 21.4 Å².